The maximum Gasteiger partial charge on any atom is 0.317 e. The monoisotopic (exact) mass is 270 g/mol. The average Bonchev–Trinajstić information content (AvgIpc) is 2.30. The Labute approximate surface area is 109 Å². The molecule has 0 spiro atoms. The van der Waals surface area contributed by atoms with Crippen LogP contribution in [0.15, 0.2) is 24.3 Å². The quantitative estimate of drug-likeness (QED) is 0.382. The van der Waals surface area contributed by atoms with Crippen molar-refractivity contribution in [1.29, 1.82) is 0 Å². The van der Waals surface area contributed by atoms with Crippen molar-refractivity contribution in [1.82, 2.24) is 0 Å². The summed E-state index contributed by atoms with van der Waals surface area (Å²) in [4.78, 5) is 42.4. The molecule has 0 aliphatic carbocycles. The molecule has 0 aromatic heterocycles. The molecule has 0 amide bonds. The van der Waals surface area contributed by atoms with Crippen LogP contribution < -0.4 is 0 Å². The van der Waals surface area contributed by atoms with E-state index in [1.807, 2.05) is 0 Å². The first-order valence-corrected chi connectivity index (χ1v) is 5.39. The number of ether oxygens (including phenoxy) is 1. The van der Waals surface area contributed by atoms with Crippen LogP contribution in [0.5, 0.6) is 0 Å². The summed E-state index contributed by atoms with van der Waals surface area (Å²) in [6.45, 7) is 0. The first-order valence-electron chi connectivity index (χ1n) is 5.39. The Kier molecular flexibility index (Phi) is 8.35. The first-order chi connectivity index (χ1) is 8.91. The minimum atomic E-state index is -1.02. The fourth-order valence-electron chi connectivity index (χ4n) is 0.938. The topological polar surface area (TPSA) is 118 Å². The highest BCUT2D eigenvalue weighted by atomic mass is 16.6. The van der Waals surface area contributed by atoms with Crippen LogP contribution in [0.25, 0.3) is 0 Å². The van der Waals surface area contributed by atoms with Gasteiger partial charge in [0.1, 0.15) is 0 Å². The molecule has 0 aliphatic heterocycles. The van der Waals surface area contributed by atoms with Gasteiger partial charge in [-0.3, -0.25) is 19.2 Å². The molecule has 0 atom stereocenters. The van der Waals surface area contributed by atoms with E-state index >= 15 is 0 Å². The van der Waals surface area contributed by atoms with Crippen LogP contribution in [0, 0.1) is 0 Å². The second-order valence-corrected chi connectivity index (χ2v) is 3.39. The van der Waals surface area contributed by atoms with Crippen molar-refractivity contribution in [2.24, 2.45) is 0 Å². The lowest BCUT2D eigenvalue weighted by atomic mass is 10.3. The highest BCUT2D eigenvalue weighted by molar-refractivity contribution is 5.86. The van der Waals surface area contributed by atoms with Gasteiger partial charge in [0.15, 0.2) is 0 Å². The summed E-state index contributed by atoms with van der Waals surface area (Å²) in [5.41, 5.74) is 0. The minimum Gasteiger partial charge on any atom is -0.481 e. The Morgan fingerprint density at radius 2 is 1.00 bits per heavy atom. The van der Waals surface area contributed by atoms with Gasteiger partial charge in [-0.1, -0.05) is 24.3 Å². The molecule has 0 aliphatic rings. The molecule has 0 fully saturated rings. The van der Waals surface area contributed by atoms with Crippen molar-refractivity contribution < 1.29 is 34.1 Å². The maximum absolute atomic E-state index is 11.1. The smallest absolute Gasteiger partial charge is 0.317 e. The van der Waals surface area contributed by atoms with Crippen LogP contribution in [0.3, 0.4) is 0 Å². The molecule has 0 aromatic rings. The Balaban J connectivity index is 3.83. The summed E-state index contributed by atoms with van der Waals surface area (Å²) < 4.78 is 4.39. The van der Waals surface area contributed by atoms with Crippen molar-refractivity contribution in [2.75, 3.05) is 0 Å². The number of hydrogen-bond donors (Lipinski definition) is 2. The molecule has 19 heavy (non-hydrogen) atoms. The molecular weight excluding hydrogens is 256 g/mol. The molecule has 0 radical (unpaired) electrons. The molecule has 0 rings (SSSR count). The molecular formula is C12H14O7. The van der Waals surface area contributed by atoms with Crippen molar-refractivity contribution in [3.63, 3.8) is 0 Å². The number of carboxylic acid groups (broad SMARTS) is 2. The number of aliphatic carboxylic acids is 2. The van der Waals surface area contributed by atoms with Crippen LogP contribution in [-0.4, -0.2) is 34.1 Å². The van der Waals surface area contributed by atoms with Crippen molar-refractivity contribution in [2.45, 2.75) is 25.7 Å². The summed E-state index contributed by atoms with van der Waals surface area (Å²) in [6.07, 6.45) is 4.34. The van der Waals surface area contributed by atoms with Gasteiger partial charge in [0.25, 0.3) is 0 Å². The lowest BCUT2D eigenvalue weighted by Gasteiger charge is -1.97. The van der Waals surface area contributed by atoms with Gasteiger partial charge in [-0.25, -0.2) is 0 Å². The molecule has 2 N–H and O–H groups in total. The second kappa shape index (κ2) is 9.58. The van der Waals surface area contributed by atoms with Gasteiger partial charge in [0.05, 0.1) is 25.7 Å². The molecule has 7 heteroatoms. The molecule has 0 heterocycles. The number of hydrogen-bond acceptors (Lipinski definition) is 5. The summed E-state index contributed by atoms with van der Waals surface area (Å²) in [5.74, 6) is -3.63. The molecule has 104 valence electrons. The van der Waals surface area contributed by atoms with Crippen LogP contribution >= 0.6 is 0 Å². The Hall–Kier alpha value is -2.44. The number of carbonyl (C=O) groups is 4. The lowest BCUT2D eigenvalue weighted by Crippen LogP contribution is -2.10. The van der Waals surface area contributed by atoms with E-state index in [9.17, 15) is 19.2 Å². The highest BCUT2D eigenvalue weighted by Gasteiger charge is 2.07. The van der Waals surface area contributed by atoms with Gasteiger partial charge in [-0.05, 0) is 0 Å². The zero-order valence-electron chi connectivity index (χ0n) is 10.1. The molecule has 7 nitrogen and oxygen atoms in total. The molecule has 0 unspecified atom stereocenters. The third kappa shape index (κ3) is 11.8. The second-order valence-electron chi connectivity index (χ2n) is 3.39. The summed E-state index contributed by atoms with van der Waals surface area (Å²) >= 11 is 0. The van der Waals surface area contributed by atoms with Gasteiger partial charge in [0.2, 0.25) is 0 Å². The normalized spacial score (nSPS) is 10.7. The van der Waals surface area contributed by atoms with E-state index in [1.54, 1.807) is 0 Å². The predicted molar refractivity (Wildman–Crippen MR) is 63.1 cm³/mol. The van der Waals surface area contributed by atoms with Crippen molar-refractivity contribution in [3.05, 3.63) is 24.3 Å². The molecule has 0 bridgehead atoms. The van der Waals surface area contributed by atoms with Gasteiger partial charge >= 0.3 is 23.9 Å². The zero-order valence-corrected chi connectivity index (χ0v) is 10.1. The van der Waals surface area contributed by atoms with Gasteiger partial charge in [-0.2, -0.15) is 0 Å². The van der Waals surface area contributed by atoms with E-state index in [0.29, 0.717) is 0 Å². The van der Waals surface area contributed by atoms with Crippen LogP contribution in [0.4, 0.5) is 0 Å². The third-order valence-corrected chi connectivity index (χ3v) is 1.71. The number of rotatable bonds is 8. The first kappa shape index (κ1) is 16.6. The average molecular weight is 270 g/mol. The number of carboxylic acids is 2. The van der Waals surface area contributed by atoms with Crippen LogP contribution in [-0.2, 0) is 23.9 Å². The minimum absolute atomic E-state index is 0.197. The lowest BCUT2D eigenvalue weighted by molar-refractivity contribution is -0.158. The molecule has 0 saturated carbocycles. The van der Waals surface area contributed by atoms with E-state index in [-0.39, 0.29) is 25.7 Å². The van der Waals surface area contributed by atoms with Crippen molar-refractivity contribution >= 4 is 23.9 Å². The Morgan fingerprint density at radius 1 is 0.684 bits per heavy atom. The van der Waals surface area contributed by atoms with Crippen molar-refractivity contribution in [3.8, 4) is 0 Å². The van der Waals surface area contributed by atoms with E-state index in [0.717, 1.165) is 0 Å². The zero-order chi connectivity index (χ0) is 14.7. The van der Waals surface area contributed by atoms with E-state index in [1.165, 1.54) is 24.3 Å². The SMILES string of the molecule is O=C(O)CC=CCC(=O)OC(=O)CC=CCC(=O)O. The van der Waals surface area contributed by atoms with E-state index < -0.39 is 23.9 Å². The highest BCUT2D eigenvalue weighted by Crippen LogP contribution is 1.96. The molecule has 0 saturated heterocycles. The van der Waals surface area contributed by atoms with Gasteiger partial charge in [-0.15, -0.1) is 0 Å². The Morgan fingerprint density at radius 3 is 1.32 bits per heavy atom. The van der Waals surface area contributed by atoms with Gasteiger partial charge < -0.3 is 14.9 Å². The summed E-state index contributed by atoms with van der Waals surface area (Å²) in [5, 5.41) is 16.6. The van der Waals surface area contributed by atoms with E-state index in [4.69, 9.17) is 10.2 Å². The standard InChI is InChI=1S/C12H14O7/c13-9(14)5-1-3-7-11(17)19-12(18)8-4-2-6-10(15)16/h1-4H,5-8H2,(H,13,14)(H,15,16). The fraction of sp³-hybridized carbons (Fsp3) is 0.333. The Bertz CT molecular complexity index is 368. The van der Waals surface area contributed by atoms with E-state index in [2.05, 4.69) is 4.74 Å². The molecule has 0 aromatic carbocycles. The number of esters is 2. The van der Waals surface area contributed by atoms with Gasteiger partial charge in [0, 0.05) is 0 Å². The third-order valence-electron chi connectivity index (χ3n) is 1.71. The van der Waals surface area contributed by atoms with Crippen LogP contribution in [0.1, 0.15) is 25.7 Å². The number of carbonyl (C=O) groups excluding carboxylic acids is 2. The predicted octanol–water partition coefficient (Wildman–Crippen LogP) is 0.898. The fourth-order valence-corrected chi connectivity index (χ4v) is 0.938. The van der Waals surface area contributed by atoms with Crippen LogP contribution in [0.2, 0.25) is 0 Å². The maximum atomic E-state index is 11.1. The summed E-state index contributed by atoms with van der Waals surface area (Å²) in [7, 11) is 0. The largest absolute Gasteiger partial charge is 0.481 e. The summed E-state index contributed by atoms with van der Waals surface area (Å²) in [6, 6.07) is 0.